The second kappa shape index (κ2) is 31.2. The van der Waals surface area contributed by atoms with Gasteiger partial charge in [-0.05, 0) is 31.1 Å². The largest absolute Gasteiger partial charge is 0.0654 e. The lowest BCUT2D eigenvalue weighted by Crippen LogP contribution is -2.13. The molecule has 1 radical (unpaired) electrons. The topological polar surface area (TPSA) is 0 Å². The Kier molecular flexibility index (Phi) is 31.2. The lowest BCUT2D eigenvalue weighted by atomic mass is 9.79. The SMILES string of the molecule is CCCCCCCCCCCCCCCCC[C](CCCCCCCCCC)C(CC)CCCCC. The van der Waals surface area contributed by atoms with Gasteiger partial charge in [-0.25, -0.2) is 0 Å². The lowest BCUT2D eigenvalue weighted by Gasteiger charge is -2.26. The third kappa shape index (κ3) is 25.6. The molecule has 0 nitrogen and oxygen atoms in total. The van der Waals surface area contributed by atoms with Crippen LogP contribution in [0.3, 0.4) is 0 Å². The van der Waals surface area contributed by atoms with Crippen molar-refractivity contribution in [3.63, 3.8) is 0 Å². The number of rotatable bonds is 31. The summed E-state index contributed by atoms with van der Waals surface area (Å²) in [6.07, 6.45) is 43.7. The van der Waals surface area contributed by atoms with Crippen LogP contribution in [0.2, 0.25) is 0 Å². The quantitative estimate of drug-likeness (QED) is 0.0821. The fraction of sp³-hybridized carbons (Fsp3) is 0.972. The molecule has 0 aliphatic rings. The summed E-state index contributed by atoms with van der Waals surface area (Å²) in [4.78, 5) is 0. The maximum atomic E-state index is 2.46. The molecule has 0 aliphatic carbocycles. The Morgan fingerprint density at radius 1 is 0.333 bits per heavy atom. The maximum Gasteiger partial charge on any atom is -0.0210 e. The van der Waals surface area contributed by atoms with E-state index in [4.69, 9.17) is 0 Å². The predicted molar refractivity (Wildman–Crippen MR) is 168 cm³/mol. The van der Waals surface area contributed by atoms with Gasteiger partial charge in [0.2, 0.25) is 0 Å². The summed E-state index contributed by atoms with van der Waals surface area (Å²) in [5.41, 5.74) is 0. The van der Waals surface area contributed by atoms with Crippen LogP contribution in [0.4, 0.5) is 0 Å². The van der Waals surface area contributed by atoms with Crippen molar-refractivity contribution in [2.75, 3.05) is 0 Å². The monoisotopic (exact) mass is 506 g/mol. The molecule has 0 aromatic heterocycles. The molecule has 0 heteroatoms. The summed E-state index contributed by atoms with van der Waals surface area (Å²) in [5, 5.41) is 0. The molecule has 217 valence electrons. The van der Waals surface area contributed by atoms with Crippen LogP contribution >= 0.6 is 0 Å². The minimum atomic E-state index is 0.924. The summed E-state index contributed by atoms with van der Waals surface area (Å²) in [5.74, 6) is 2.89. The van der Waals surface area contributed by atoms with E-state index < -0.39 is 0 Å². The molecule has 0 heterocycles. The summed E-state index contributed by atoms with van der Waals surface area (Å²) in [7, 11) is 0. The zero-order valence-electron chi connectivity index (χ0n) is 26.3. The van der Waals surface area contributed by atoms with E-state index in [9.17, 15) is 0 Å². The van der Waals surface area contributed by atoms with Gasteiger partial charge in [-0.2, -0.15) is 0 Å². The molecule has 0 aromatic carbocycles. The molecular formula is C36H73. The van der Waals surface area contributed by atoms with Gasteiger partial charge in [-0.15, -0.1) is 0 Å². The third-order valence-corrected chi connectivity index (χ3v) is 8.68. The Labute approximate surface area is 232 Å². The van der Waals surface area contributed by atoms with E-state index in [-0.39, 0.29) is 0 Å². The minimum Gasteiger partial charge on any atom is -0.0654 e. The van der Waals surface area contributed by atoms with Gasteiger partial charge >= 0.3 is 0 Å². The van der Waals surface area contributed by atoms with Crippen LogP contribution in [0.1, 0.15) is 220 Å². The van der Waals surface area contributed by atoms with Gasteiger partial charge in [0, 0.05) is 0 Å². The second-order valence-corrected chi connectivity index (χ2v) is 12.2. The molecule has 0 saturated heterocycles. The number of hydrogen-bond acceptors (Lipinski definition) is 0. The molecule has 0 saturated carbocycles. The van der Waals surface area contributed by atoms with Crippen molar-refractivity contribution in [1.82, 2.24) is 0 Å². The van der Waals surface area contributed by atoms with Crippen LogP contribution in [-0.4, -0.2) is 0 Å². The highest BCUT2D eigenvalue weighted by Gasteiger charge is 2.19. The Balaban J connectivity index is 3.88. The van der Waals surface area contributed by atoms with Crippen LogP contribution in [-0.2, 0) is 0 Å². The normalized spacial score (nSPS) is 12.6. The van der Waals surface area contributed by atoms with Crippen molar-refractivity contribution < 1.29 is 0 Å². The van der Waals surface area contributed by atoms with Crippen molar-refractivity contribution in [2.45, 2.75) is 220 Å². The van der Waals surface area contributed by atoms with Crippen molar-refractivity contribution in [2.24, 2.45) is 5.92 Å². The zero-order chi connectivity index (χ0) is 26.4. The lowest BCUT2D eigenvalue weighted by molar-refractivity contribution is 0.398. The first-order valence-corrected chi connectivity index (χ1v) is 17.6. The molecule has 36 heavy (non-hydrogen) atoms. The van der Waals surface area contributed by atoms with Gasteiger partial charge in [0.15, 0.2) is 0 Å². The maximum absolute atomic E-state index is 2.46. The van der Waals surface area contributed by atoms with Crippen molar-refractivity contribution in [3.05, 3.63) is 5.92 Å². The van der Waals surface area contributed by atoms with Gasteiger partial charge in [0.25, 0.3) is 0 Å². The molecule has 0 amide bonds. The van der Waals surface area contributed by atoms with E-state index in [1.807, 2.05) is 5.92 Å². The summed E-state index contributed by atoms with van der Waals surface area (Å²) in [6, 6.07) is 0. The molecule has 0 N–H and O–H groups in total. The predicted octanol–water partition coefficient (Wildman–Crippen LogP) is 14.0. The van der Waals surface area contributed by atoms with Gasteiger partial charge in [0.1, 0.15) is 0 Å². The number of unbranched alkanes of at least 4 members (excludes halogenated alkanes) is 23. The van der Waals surface area contributed by atoms with Crippen LogP contribution in [0, 0.1) is 11.8 Å². The van der Waals surface area contributed by atoms with Gasteiger partial charge < -0.3 is 0 Å². The van der Waals surface area contributed by atoms with Gasteiger partial charge in [0.05, 0.1) is 0 Å². The molecule has 1 unspecified atom stereocenters. The van der Waals surface area contributed by atoms with E-state index in [1.54, 1.807) is 0 Å². The Morgan fingerprint density at radius 3 is 0.917 bits per heavy atom. The fourth-order valence-corrected chi connectivity index (χ4v) is 6.08. The van der Waals surface area contributed by atoms with Crippen LogP contribution in [0.15, 0.2) is 0 Å². The molecule has 0 aromatic rings. The van der Waals surface area contributed by atoms with Crippen LogP contribution < -0.4 is 0 Å². The highest BCUT2D eigenvalue weighted by Crippen LogP contribution is 2.33. The highest BCUT2D eigenvalue weighted by molar-refractivity contribution is 4.95. The average Bonchev–Trinajstić information content (AvgIpc) is 2.89. The molecule has 0 fully saturated rings. The van der Waals surface area contributed by atoms with E-state index >= 15 is 0 Å². The van der Waals surface area contributed by atoms with Crippen LogP contribution in [0.25, 0.3) is 0 Å². The first-order valence-electron chi connectivity index (χ1n) is 17.6. The first-order chi connectivity index (χ1) is 17.8. The minimum absolute atomic E-state index is 0.924. The highest BCUT2D eigenvalue weighted by atomic mass is 14.2. The zero-order valence-corrected chi connectivity index (χ0v) is 26.3. The molecule has 0 spiro atoms. The smallest absolute Gasteiger partial charge is 0.0210 e. The summed E-state index contributed by atoms with van der Waals surface area (Å²) < 4.78 is 0. The van der Waals surface area contributed by atoms with Crippen LogP contribution in [0.5, 0.6) is 0 Å². The van der Waals surface area contributed by atoms with E-state index in [1.165, 1.54) is 193 Å². The van der Waals surface area contributed by atoms with E-state index in [0.29, 0.717) is 0 Å². The van der Waals surface area contributed by atoms with Gasteiger partial charge in [-0.3, -0.25) is 0 Å². The molecule has 0 aliphatic heterocycles. The Morgan fingerprint density at radius 2 is 0.611 bits per heavy atom. The van der Waals surface area contributed by atoms with E-state index in [2.05, 4.69) is 27.7 Å². The van der Waals surface area contributed by atoms with Gasteiger partial charge in [-0.1, -0.05) is 201 Å². The molecular weight excluding hydrogens is 432 g/mol. The first kappa shape index (κ1) is 36.0. The standard InChI is InChI=1S/C36H73/c1-5-9-12-14-16-18-19-20-21-22-23-24-26-28-31-34-36(35(8-4)32-29-11-7-3)33-30-27-25-17-15-13-10-6-2/h35H,5-34H2,1-4H3. The van der Waals surface area contributed by atoms with E-state index in [0.717, 1.165) is 5.92 Å². The summed E-state index contributed by atoms with van der Waals surface area (Å²) in [6.45, 7) is 9.44. The average molecular weight is 506 g/mol. The van der Waals surface area contributed by atoms with Crippen molar-refractivity contribution >= 4 is 0 Å². The fourth-order valence-electron chi connectivity index (χ4n) is 6.08. The second-order valence-electron chi connectivity index (χ2n) is 12.2. The molecule has 1 atom stereocenters. The summed E-state index contributed by atoms with van der Waals surface area (Å²) >= 11 is 0. The third-order valence-electron chi connectivity index (χ3n) is 8.68. The molecule has 0 bridgehead atoms. The Bertz CT molecular complexity index is 372. The Hall–Kier alpha value is 0. The number of hydrogen-bond donors (Lipinski definition) is 0. The van der Waals surface area contributed by atoms with Crippen molar-refractivity contribution in [3.8, 4) is 0 Å². The van der Waals surface area contributed by atoms with Crippen molar-refractivity contribution in [1.29, 1.82) is 0 Å². The molecule has 0 rings (SSSR count).